The molecule has 3 aromatic rings. The highest BCUT2D eigenvalue weighted by atomic mass is 16.5. The number of nitriles is 1. The lowest BCUT2D eigenvalue weighted by Gasteiger charge is -2.14. The molecule has 1 aliphatic carbocycles. The molecule has 8 heteroatoms. The summed E-state index contributed by atoms with van der Waals surface area (Å²) in [4.78, 5) is 43.1. The molecule has 0 saturated heterocycles. The van der Waals surface area contributed by atoms with Crippen LogP contribution in [0.3, 0.4) is 0 Å². The lowest BCUT2D eigenvalue weighted by molar-refractivity contribution is 0.0602. The number of benzene rings is 1. The molecule has 0 atom stereocenters. The van der Waals surface area contributed by atoms with Gasteiger partial charge in [-0.2, -0.15) is 5.26 Å². The Bertz CT molecular complexity index is 1310. The van der Waals surface area contributed by atoms with Crippen molar-refractivity contribution in [1.82, 2.24) is 14.1 Å². The van der Waals surface area contributed by atoms with Gasteiger partial charge in [0.05, 0.1) is 36.2 Å². The molecule has 0 N–H and O–H groups in total. The van der Waals surface area contributed by atoms with Gasteiger partial charge in [-0.1, -0.05) is 18.2 Å². The Kier molecular flexibility index (Phi) is 4.51. The minimum Gasteiger partial charge on any atom is -0.465 e. The Hall–Kier alpha value is -3.73. The normalized spacial score (nSPS) is 13.3. The fourth-order valence-corrected chi connectivity index (χ4v) is 3.43. The van der Waals surface area contributed by atoms with Crippen molar-refractivity contribution in [2.45, 2.75) is 25.3 Å². The van der Waals surface area contributed by atoms with Gasteiger partial charge in [0.15, 0.2) is 0 Å². The van der Waals surface area contributed by atoms with E-state index in [1.807, 2.05) is 0 Å². The van der Waals surface area contributed by atoms with Crippen molar-refractivity contribution in [3.05, 3.63) is 73.6 Å². The minimum absolute atomic E-state index is 0.0396. The fraction of sp³-hybridized carbons (Fsp3) is 0.286. The summed E-state index contributed by atoms with van der Waals surface area (Å²) < 4.78 is 7.16. The Labute approximate surface area is 165 Å². The number of fused-ring (bicyclic) bond motifs is 1. The molecule has 2 aromatic heterocycles. The summed E-state index contributed by atoms with van der Waals surface area (Å²) in [5.41, 5.74) is 0.655. The minimum atomic E-state index is -0.654. The highest BCUT2D eigenvalue weighted by Gasteiger charge is 2.29. The van der Waals surface area contributed by atoms with Crippen molar-refractivity contribution in [3.8, 4) is 6.07 Å². The lowest BCUT2D eigenvalue weighted by atomic mass is 10.1. The van der Waals surface area contributed by atoms with E-state index in [9.17, 15) is 19.6 Å². The summed E-state index contributed by atoms with van der Waals surface area (Å²) in [7, 11) is 2.76. The van der Waals surface area contributed by atoms with Gasteiger partial charge in [0.25, 0.3) is 5.56 Å². The van der Waals surface area contributed by atoms with Crippen LogP contribution >= 0.6 is 0 Å². The van der Waals surface area contributed by atoms with E-state index < -0.39 is 17.2 Å². The number of hydrogen-bond acceptors (Lipinski definition) is 6. The number of nitrogens with zero attached hydrogens (tertiary/aromatic N) is 4. The third-order valence-corrected chi connectivity index (χ3v) is 5.18. The molecule has 1 aromatic carbocycles. The maximum absolute atomic E-state index is 13.3. The van der Waals surface area contributed by atoms with Crippen molar-refractivity contribution in [3.63, 3.8) is 0 Å². The maximum atomic E-state index is 13.3. The van der Waals surface area contributed by atoms with Crippen molar-refractivity contribution >= 4 is 17.0 Å². The number of hydrogen-bond donors (Lipinski definition) is 0. The maximum Gasteiger partial charge on any atom is 0.338 e. The molecule has 0 aliphatic heterocycles. The second kappa shape index (κ2) is 7.02. The molecule has 0 amide bonds. The summed E-state index contributed by atoms with van der Waals surface area (Å²) in [5.74, 6) is -0.429. The van der Waals surface area contributed by atoms with Crippen LogP contribution in [-0.2, 0) is 18.3 Å². The van der Waals surface area contributed by atoms with Crippen LogP contribution < -0.4 is 11.2 Å². The molecular weight excluding hydrogens is 372 g/mol. The molecular formula is C21H18N4O4. The highest BCUT2D eigenvalue weighted by Crippen LogP contribution is 2.39. The first kappa shape index (κ1) is 18.6. The first-order valence-electron chi connectivity index (χ1n) is 9.17. The van der Waals surface area contributed by atoms with E-state index in [0.717, 1.165) is 17.4 Å². The molecule has 2 heterocycles. The summed E-state index contributed by atoms with van der Waals surface area (Å²) >= 11 is 0. The smallest absolute Gasteiger partial charge is 0.338 e. The summed E-state index contributed by atoms with van der Waals surface area (Å²) in [6, 6.07) is 10.4. The van der Waals surface area contributed by atoms with Gasteiger partial charge in [-0.3, -0.25) is 13.9 Å². The van der Waals surface area contributed by atoms with E-state index in [1.165, 1.54) is 18.7 Å². The summed E-state index contributed by atoms with van der Waals surface area (Å²) in [5, 5.41) is 9.35. The van der Waals surface area contributed by atoms with E-state index in [1.54, 1.807) is 30.3 Å². The van der Waals surface area contributed by atoms with Crippen LogP contribution in [-0.4, -0.2) is 27.2 Å². The molecule has 146 valence electrons. The van der Waals surface area contributed by atoms with Gasteiger partial charge in [0.2, 0.25) is 0 Å². The van der Waals surface area contributed by atoms with Gasteiger partial charge in [0, 0.05) is 18.7 Å². The Morgan fingerprint density at radius 3 is 2.69 bits per heavy atom. The number of ether oxygens (including phenoxy) is 1. The van der Waals surface area contributed by atoms with Gasteiger partial charge >= 0.3 is 11.7 Å². The molecule has 0 radical (unpaired) electrons. The highest BCUT2D eigenvalue weighted by molar-refractivity contribution is 6.02. The van der Waals surface area contributed by atoms with Crippen LogP contribution in [0.2, 0.25) is 0 Å². The predicted molar refractivity (Wildman–Crippen MR) is 105 cm³/mol. The monoisotopic (exact) mass is 390 g/mol. The zero-order valence-electron chi connectivity index (χ0n) is 16.0. The Morgan fingerprint density at radius 1 is 1.31 bits per heavy atom. The Balaban J connectivity index is 2.02. The van der Waals surface area contributed by atoms with Crippen LogP contribution in [0.5, 0.6) is 0 Å². The van der Waals surface area contributed by atoms with Gasteiger partial charge in [-0.05, 0) is 30.5 Å². The number of aryl methyl sites for hydroxylation is 1. The standard InChI is InChI=1S/C21H18N4O4/c1-24-18-17(15(20(27)29-2)9-16(23-18)12-7-8-12)19(26)25(21(24)28)11-14-6-4-3-5-13(14)10-22/h3-6,9,12H,7-8,11H2,1-2H3. The average molecular weight is 390 g/mol. The van der Waals surface area contributed by atoms with Gasteiger partial charge in [-0.25, -0.2) is 14.6 Å². The van der Waals surface area contributed by atoms with Crippen molar-refractivity contribution in [2.75, 3.05) is 7.11 Å². The topological polar surface area (TPSA) is 107 Å². The molecule has 0 spiro atoms. The average Bonchev–Trinajstić information content (AvgIpc) is 3.59. The number of esters is 1. The van der Waals surface area contributed by atoms with Crippen LogP contribution in [0.15, 0.2) is 39.9 Å². The largest absolute Gasteiger partial charge is 0.465 e. The lowest BCUT2D eigenvalue weighted by Crippen LogP contribution is -2.40. The zero-order chi connectivity index (χ0) is 20.7. The molecule has 4 rings (SSSR count). The second-order valence-corrected chi connectivity index (χ2v) is 7.06. The van der Waals surface area contributed by atoms with Crippen LogP contribution in [0.4, 0.5) is 0 Å². The van der Waals surface area contributed by atoms with E-state index in [4.69, 9.17) is 4.74 Å². The molecule has 8 nitrogen and oxygen atoms in total. The number of pyridine rings is 1. The first-order valence-corrected chi connectivity index (χ1v) is 9.17. The van der Waals surface area contributed by atoms with Crippen molar-refractivity contribution in [1.29, 1.82) is 5.26 Å². The number of methoxy groups -OCH3 is 1. The van der Waals surface area contributed by atoms with Crippen LogP contribution in [0, 0.1) is 11.3 Å². The predicted octanol–water partition coefficient (Wildman–Crippen LogP) is 1.68. The SMILES string of the molecule is COC(=O)c1cc(C2CC2)nc2c1c(=O)n(Cc1ccccc1C#N)c(=O)n2C. The number of aromatic nitrogens is 3. The van der Waals surface area contributed by atoms with E-state index >= 15 is 0 Å². The fourth-order valence-electron chi connectivity index (χ4n) is 3.43. The molecule has 1 fully saturated rings. The van der Waals surface area contributed by atoms with Gasteiger partial charge < -0.3 is 4.74 Å². The van der Waals surface area contributed by atoms with Gasteiger partial charge in [-0.15, -0.1) is 0 Å². The summed E-state index contributed by atoms with van der Waals surface area (Å²) in [6.07, 6.45) is 1.91. The molecule has 1 aliphatic rings. The first-order chi connectivity index (χ1) is 14.0. The molecule has 29 heavy (non-hydrogen) atoms. The van der Waals surface area contributed by atoms with Crippen LogP contribution in [0.1, 0.15) is 45.9 Å². The quantitative estimate of drug-likeness (QED) is 0.628. The number of carbonyl (C=O) groups is 1. The van der Waals surface area contributed by atoms with Crippen molar-refractivity contribution < 1.29 is 9.53 Å². The molecule has 1 saturated carbocycles. The third-order valence-electron chi connectivity index (χ3n) is 5.18. The number of rotatable bonds is 4. The van der Waals surface area contributed by atoms with Crippen molar-refractivity contribution in [2.24, 2.45) is 7.05 Å². The molecule has 0 bridgehead atoms. The second-order valence-electron chi connectivity index (χ2n) is 7.06. The summed E-state index contributed by atoms with van der Waals surface area (Å²) in [6.45, 7) is -0.0871. The van der Waals surface area contributed by atoms with E-state index in [2.05, 4.69) is 11.1 Å². The number of carbonyl (C=O) groups excluding carboxylic acids is 1. The van der Waals surface area contributed by atoms with E-state index in [0.29, 0.717) is 16.8 Å². The third kappa shape index (κ3) is 3.10. The Morgan fingerprint density at radius 2 is 2.03 bits per heavy atom. The van der Waals surface area contributed by atoms with Crippen LogP contribution in [0.25, 0.3) is 11.0 Å². The molecule has 0 unspecified atom stereocenters. The van der Waals surface area contributed by atoms with E-state index in [-0.39, 0.29) is 29.1 Å². The van der Waals surface area contributed by atoms with Gasteiger partial charge in [0.1, 0.15) is 5.65 Å². The zero-order valence-corrected chi connectivity index (χ0v) is 16.0.